The first kappa shape index (κ1) is 13.8. The number of nitrogens with one attached hydrogen (secondary N) is 1. The number of hydrogen-bond acceptors (Lipinski definition) is 5. The van der Waals surface area contributed by atoms with Crippen molar-refractivity contribution in [1.29, 1.82) is 0 Å². The third kappa shape index (κ3) is 2.67. The van der Waals surface area contributed by atoms with Crippen molar-refractivity contribution in [2.24, 2.45) is 0 Å². The van der Waals surface area contributed by atoms with Crippen LogP contribution in [0.25, 0.3) is 11.1 Å². The molecule has 6 nitrogen and oxygen atoms in total. The first-order valence-corrected chi connectivity index (χ1v) is 6.50. The van der Waals surface area contributed by atoms with Gasteiger partial charge in [-0.05, 0) is 42.5 Å². The molecule has 1 amide bonds. The zero-order valence-corrected chi connectivity index (χ0v) is 11.7. The monoisotopic (exact) mass is 296 g/mol. The van der Waals surface area contributed by atoms with Gasteiger partial charge in [0.2, 0.25) is 0 Å². The molecule has 0 saturated heterocycles. The fraction of sp³-hybridized carbons (Fsp3) is 0.0625. The Bertz CT molecular complexity index is 837. The van der Waals surface area contributed by atoms with E-state index >= 15 is 0 Å². The SMILES string of the molecule is COC(=O)c1ccc(NC(=O)c2ccc3ncoc3c2)cc1. The Balaban J connectivity index is 1.77. The van der Waals surface area contributed by atoms with Crippen LogP contribution in [0.4, 0.5) is 5.69 Å². The van der Waals surface area contributed by atoms with Gasteiger partial charge in [-0.1, -0.05) is 0 Å². The maximum absolute atomic E-state index is 12.2. The van der Waals surface area contributed by atoms with Crippen LogP contribution in [0.3, 0.4) is 0 Å². The van der Waals surface area contributed by atoms with Crippen LogP contribution < -0.4 is 5.32 Å². The second-order valence-corrected chi connectivity index (χ2v) is 4.56. The summed E-state index contributed by atoms with van der Waals surface area (Å²) < 4.78 is 9.79. The van der Waals surface area contributed by atoms with Gasteiger partial charge in [-0.3, -0.25) is 4.79 Å². The molecule has 0 atom stereocenters. The molecule has 0 bridgehead atoms. The average molecular weight is 296 g/mol. The van der Waals surface area contributed by atoms with Crippen molar-refractivity contribution in [2.45, 2.75) is 0 Å². The van der Waals surface area contributed by atoms with Crippen LogP contribution in [0.1, 0.15) is 20.7 Å². The molecule has 1 aromatic heterocycles. The Kier molecular flexibility index (Phi) is 3.57. The van der Waals surface area contributed by atoms with Gasteiger partial charge in [-0.15, -0.1) is 0 Å². The van der Waals surface area contributed by atoms with Crippen LogP contribution in [0, 0.1) is 0 Å². The van der Waals surface area contributed by atoms with Crippen molar-refractivity contribution in [1.82, 2.24) is 4.98 Å². The molecular weight excluding hydrogens is 284 g/mol. The van der Waals surface area contributed by atoms with Gasteiger partial charge in [0.25, 0.3) is 5.91 Å². The number of oxazole rings is 1. The number of benzene rings is 2. The molecule has 0 aliphatic carbocycles. The summed E-state index contributed by atoms with van der Waals surface area (Å²) in [6, 6.07) is 11.5. The number of carbonyl (C=O) groups is 2. The quantitative estimate of drug-likeness (QED) is 0.751. The summed E-state index contributed by atoms with van der Waals surface area (Å²) in [6.07, 6.45) is 1.33. The molecule has 3 rings (SSSR count). The van der Waals surface area contributed by atoms with Gasteiger partial charge in [0.15, 0.2) is 12.0 Å². The Labute approximate surface area is 125 Å². The summed E-state index contributed by atoms with van der Waals surface area (Å²) in [4.78, 5) is 27.5. The lowest BCUT2D eigenvalue weighted by Gasteiger charge is -2.06. The fourth-order valence-corrected chi connectivity index (χ4v) is 2.01. The maximum Gasteiger partial charge on any atom is 0.337 e. The van der Waals surface area contributed by atoms with E-state index in [1.165, 1.54) is 13.5 Å². The molecule has 0 radical (unpaired) electrons. The molecule has 1 heterocycles. The van der Waals surface area contributed by atoms with E-state index in [0.717, 1.165) is 0 Å². The zero-order chi connectivity index (χ0) is 15.5. The number of carbonyl (C=O) groups excluding carboxylic acids is 2. The minimum absolute atomic E-state index is 0.274. The molecule has 0 fully saturated rings. The largest absolute Gasteiger partial charge is 0.465 e. The van der Waals surface area contributed by atoms with Crippen molar-refractivity contribution >= 4 is 28.7 Å². The summed E-state index contributed by atoms with van der Waals surface area (Å²) in [5.41, 5.74) is 2.70. The highest BCUT2D eigenvalue weighted by Gasteiger charge is 2.10. The Morgan fingerprint density at radius 3 is 2.55 bits per heavy atom. The highest BCUT2D eigenvalue weighted by atomic mass is 16.5. The van der Waals surface area contributed by atoms with E-state index in [1.54, 1.807) is 42.5 Å². The molecular formula is C16H12N2O4. The summed E-state index contributed by atoms with van der Waals surface area (Å²) in [5, 5.41) is 2.75. The van der Waals surface area contributed by atoms with E-state index < -0.39 is 5.97 Å². The number of amides is 1. The maximum atomic E-state index is 12.2. The smallest absolute Gasteiger partial charge is 0.337 e. The van der Waals surface area contributed by atoms with Gasteiger partial charge in [-0.25, -0.2) is 9.78 Å². The molecule has 0 spiro atoms. The molecule has 2 aromatic carbocycles. The van der Waals surface area contributed by atoms with Crippen molar-refractivity contribution in [3.8, 4) is 0 Å². The predicted molar refractivity (Wildman–Crippen MR) is 79.7 cm³/mol. The lowest BCUT2D eigenvalue weighted by atomic mass is 10.1. The van der Waals surface area contributed by atoms with E-state index in [4.69, 9.17) is 4.42 Å². The highest BCUT2D eigenvalue weighted by Crippen LogP contribution is 2.16. The molecule has 1 N–H and O–H groups in total. The van der Waals surface area contributed by atoms with E-state index in [1.807, 2.05) is 0 Å². The molecule has 0 saturated carbocycles. The molecule has 22 heavy (non-hydrogen) atoms. The Morgan fingerprint density at radius 1 is 1.09 bits per heavy atom. The minimum atomic E-state index is -0.423. The van der Waals surface area contributed by atoms with Gasteiger partial charge < -0.3 is 14.5 Å². The summed E-state index contributed by atoms with van der Waals surface area (Å²) >= 11 is 0. The number of esters is 1. The second kappa shape index (κ2) is 5.69. The van der Waals surface area contributed by atoms with Crippen molar-refractivity contribution in [3.05, 3.63) is 60.0 Å². The Morgan fingerprint density at radius 2 is 1.82 bits per heavy atom. The molecule has 0 aliphatic heterocycles. The summed E-state index contributed by atoms with van der Waals surface area (Å²) in [6.45, 7) is 0. The van der Waals surface area contributed by atoms with Crippen LogP contribution >= 0.6 is 0 Å². The fourth-order valence-electron chi connectivity index (χ4n) is 2.01. The van der Waals surface area contributed by atoms with Gasteiger partial charge in [-0.2, -0.15) is 0 Å². The number of nitrogens with zero attached hydrogens (tertiary/aromatic N) is 1. The number of aromatic nitrogens is 1. The first-order valence-electron chi connectivity index (χ1n) is 6.50. The van der Waals surface area contributed by atoms with Crippen molar-refractivity contribution < 1.29 is 18.7 Å². The van der Waals surface area contributed by atoms with Crippen LogP contribution in [-0.2, 0) is 4.74 Å². The molecule has 0 unspecified atom stereocenters. The molecule has 3 aromatic rings. The lowest BCUT2D eigenvalue weighted by Crippen LogP contribution is -2.12. The summed E-state index contributed by atoms with van der Waals surface area (Å²) in [5.74, 6) is -0.697. The van der Waals surface area contributed by atoms with E-state index in [-0.39, 0.29) is 5.91 Å². The van der Waals surface area contributed by atoms with Crippen LogP contribution in [0.5, 0.6) is 0 Å². The summed E-state index contributed by atoms with van der Waals surface area (Å²) in [7, 11) is 1.32. The zero-order valence-electron chi connectivity index (χ0n) is 11.7. The number of ether oxygens (including phenoxy) is 1. The highest BCUT2D eigenvalue weighted by molar-refractivity contribution is 6.05. The topological polar surface area (TPSA) is 81.4 Å². The minimum Gasteiger partial charge on any atom is -0.465 e. The number of methoxy groups -OCH3 is 1. The van der Waals surface area contributed by atoms with E-state index in [9.17, 15) is 9.59 Å². The normalized spacial score (nSPS) is 10.4. The van der Waals surface area contributed by atoms with E-state index in [0.29, 0.717) is 27.9 Å². The lowest BCUT2D eigenvalue weighted by molar-refractivity contribution is 0.0600. The third-order valence-corrected chi connectivity index (χ3v) is 3.16. The third-order valence-electron chi connectivity index (χ3n) is 3.16. The van der Waals surface area contributed by atoms with Crippen molar-refractivity contribution in [2.75, 3.05) is 12.4 Å². The number of anilines is 1. The van der Waals surface area contributed by atoms with Crippen LogP contribution in [-0.4, -0.2) is 24.0 Å². The first-order chi connectivity index (χ1) is 10.7. The number of fused-ring (bicyclic) bond motifs is 1. The predicted octanol–water partition coefficient (Wildman–Crippen LogP) is 2.87. The molecule has 6 heteroatoms. The van der Waals surface area contributed by atoms with Gasteiger partial charge in [0.1, 0.15) is 5.52 Å². The standard InChI is InChI=1S/C16H12N2O4/c1-21-16(20)10-2-5-12(6-3-10)18-15(19)11-4-7-13-14(8-11)22-9-17-13/h2-9H,1H3,(H,18,19). The van der Waals surface area contributed by atoms with Gasteiger partial charge in [0.05, 0.1) is 12.7 Å². The average Bonchev–Trinajstić information content (AvgIpc) is 3.02. The number of hydrogen-bond donors (Lipinski definition) is 1. The van der Waals surface area contributed by atoms with Gasteiger partial charge >= 0.3 is 5.97 Å². The van der Waals surface area contributed by atoms with Crippen molar-refractivity contribution in [3.63, 3.8) is 0 Å². The van der Waals surface area contributed by atoms with E-state index in [2.05, 4.69) is 15.0 Å². The second-order valence-electron chi connectivity index (χ2n) is 4.56. The van der Waals surface area contributed by atoms with Crippen LogP contribution in [0.15, 0.2) is 53.3 Å². The Hall–Kier alpha value is -3.15. The molecule has 0 aliphatic rings. The number of rotatable bonds is 3. The molecule has 110 valence electrons. The van der Waals surface area contributed by atoms with Gasteiger partial charge in [0, 0.05) is 11.3 Å². The van der Waals surface area contributed by atoms with Crippen LogP contribution in [0.2, 0.25) is 0 Å².